The fraction of sp³-hybridized carbons (Fsp3) is 0.909. The predicted molar refractivity (Wildman–Crippen MR) is 175 cm³/mol. The SMILES string of the molecule is CC1CNCCC1N1CCC[C@H]1CCC(=O)O.CCOC(=O)CC[C@@H]1CCCN1C1CCN(C(=O)OC(C)(C)C)CC1C.Cl. The van der Waals surface area contributed by atoms with Gasteiger partial charge < -0.3 is 24.8 Å². The van der Waals surface area contributed by atoms with Crippen LogP contribution in [0.3, 0.4) is 0 Å². The van der Waals surface area contributed by atoms with E-state index in [4.69, 9.17) is 14.6 Å². The molecule has 4 saturated heterocycles. The summed E-state index contributed by atoms with van der Waals surface area (Å²) in [5, 5.41) is 12.2. The van der Waals surface area contributed by atoms with Gasteiger partial charge in [-0.3, -0.25) is 19.4 Å². The smallest absolute Gasteiger partial charge is 0.410 e. The van der Waals surface area contributed by atoms with E-state index in [0.29, 0.717) is 55.5 Å². The molecule has 6 atom stereocenters. The number of carboxylic acid groups (broad SMARTS) is 1. The van der Waals surface area contributed by atoms with Crippen molar-refractivity contribution in [2.24, 2.45) is 11.8 Å². The van der Waals surface area contributed by atoms with Crippen LogP contribution in [0.15, 0.2) is 0 Å². The van der Waals surface area contributed by atoms with Crippen LogP contribution in [0.25, 0.3) is 0 Å². The monoisotopic (exact) mass is 644 g/mol. The zero-order valence-electron chi connectivity index (χ0n) is 28.2. The fourth-order valence-corrected chi connectivity index (χ4v) is 7.63. The first-order chi connectivity index (χ1) is 20.4. The second kappa shape index (κ2) is 18.5. The maximum Gasteiger partial charge on any atom is 0.410 e. The standard InChI is InChI=1S/C20H36N2O4.C13H24N2O2.ClH/c1-6-25-18(23)10-9-16-8-7-12-22(16)17-11-13-21(14-15(17)2)19(24)26-20(3,4)5;1-10-9-14-7-6-12(10)15-8-2-3-11(15)4-5-13(16)17;/h15-17H,6-14H2,1-5H3;10-12,14H,2-9H2,1H3,(H,16,17);1H/t15?,16-,17?;10?,11-,12?;/m00./s1. The Hall–Kier alpha value is -1.62. The molecule has 0 aromatic rings. The highest BCUT2D eigenvalue weighted by atomic mass is 35.5. The maximum absolute atomic E-state index is 12.3. The average Bonchev–Trinajstić information content (AvgIpc) is 3.60. The Morgan fingerprint density at radius 1 is 0.864 bits per heavy atom. The van der Waals surface area contributed by atoms with Gasteiger partial charge in [0, 0.05) is 50.1 Å². The number of halogens is 1. The molecule has 0 bridgehead atoms. The summed E-state index contributed by atoms with van der Waals surface area (Å²) in [6.45, 7) is 18.5. The molecule has 4 heterocycles. The number of aliphatic carboxylic acids is 1. The van der Waals surface area contributed by atoms with Gasteiger partial charge in [-0.05, 0) is 117 Å². The molecule has 44 heavy (non-hydrogen) atoms. The van der Waals surface area contributed by atoms with E-state index in [2.05, 4.69) is 29.0 Å². The average molecular weight is 645 g/mol. The molecule has 256 valence electrons. The van der Waals surface area contributed by atoms with Crippen LogP contribution in [0, 0.1) is 11.8 Å². The normalized spacial score (nSPS) is 29.7. The van der Waals surface area contributed by atoms with Crippen molar-refractivity contribution in [2.75, 3.05) is 45.9 Å². The number of carboxylic acids is 1. The van der Waals surface area contributed by atoms with E-state index < -0.39 is 11.6 Å². The largest absolute Gasteiger partial charge is 0.481 e. The van der Waals surface area contributed by atoms with Crippen molar-refractivity contribution in [2.45, 2.75) is 136 Å². The van der Waals surface area contributed by atoms with Gasteiger partial charge in [0.15, 0.2) is 0 Å². The molecule has 2 N–H and O–H groups in total. The van der Waals surface area contributed by atoms with Crippen LogP contribution in [0.2, 0.25) is 0 Å². The fourth-order valence-electron chi connectivity index (χ4n) is 7.63. The van der Waals surface area contributed by atoms with Crippen molar-refractivity contribution in [1.82, 2.24) is 20.0 Å². The Morgan fingerprint density at radius 3 is 1.98 bits per heavy atom. The molecule has 10 nitrogen and oxygen atoms in total. The summed E-state index contributed by atoms with van der Waals surface area (Å²) >= 11 is 0. The van der Waals surface area contributed by atoms with Gasteiger partial charge in [0.2, 0.25) is 0 Å². The summed E-state index contributed by atoms with van der Waals surface area (Å²) < 4.78 is 10.6. The number of rotatable bonds is 9. The maximum atomic E-state index is 12.3. The number of carbonyl (C=O) groups is 3. The lowest BCUT2D eigenvalue weighted by Crippen LogP contribution is -2.53. The Bertz CT molecular complexity index is 902. The minimum atomic E-state index is -0.657. The molecule has 11 heteroatoms. The molecular weight excluding hydrogens is 584 g/mol. The first-order valence-corrected chi connectivity index (χ1v) is 17.0. The van der Waals surface area contributed by atoms with Crippen LogP contribution in [-0.2, 0) is 19.1 Å². The number of ether oxygens (including phenoxy) is 2. The molecule has 0 aromatic carbocycles. The number of nitrogens with zero attached hydrogens (tertiary/aromatic N) is 3. The minimum absolute atomic E-state index is 0. The van der Waals surface area contributed by atoms with Gasteiger partial charge in [0.25, 0.3) is 0 Å². The van der Waals surface area contributed by atoms with E-state index in [1.807, 2.05) is 32.6 Å². The molecule has 0 saturated carbocycles. The van der Waals surface area contributed by atoms with Crippen LogP contribution in [0.5, 0.6) is 0 Å². The van der Waals surface area contributed by atoms with Gasteiger partial charge in [0.05, 0.1) is 6.61 Å². The Kier molecular flexibility index (Phi) is 16.2. The second-order valence-electron chi connectivity index (χ2n) is 14.1. The molecule has 4 aliphatic heterocycles. The lowest BCUT2D eigenvalue weighted by molar-refractivity contribution is -0.143. The van der Waals surface area contributed by atoms with E-state index in [-0.39, 0.29) is 24.5 Å². The van der Waals surface area contributed by atoms with Crippen LogP contribution in [-0.4, -0.2) is 113 Å². The highest BCUT2D eigenvalue weighted by Crippen LogP contribution is 2.32. The van der Waals surface area contributed by atoms with Crippen molar-refractivity contribution >= 4 is 30.4 Å². The molecule has 0 aromatic heterocycles. The van der Waals surface area contributed by atoms with Gasteiger partial charge in [0.1, 0.15) is 5.60 Å². The number of hydrogen-bond acceptors (Lipinski definition) is 8. The second-order valence-corrected chi connectivity index (χ2v) is 14.1. The lowest BCUT2D eigenvalue weighted by Gasteiger charge is -2.43. The van der Waals surface area contributed by atoms with Crippen molar-refractivity contribution in [3.63, 3.8) is 0 Å². The first kappa shape index (κ1) is 38.6. The Morgan fingerprint density at radius 2 is 1.45 bits per heavy atom. The number of hydrogen-bond donors (Lipinski definition) is 2. The van der Waals surface area contributed by atoms with E-state index >= 15 is 0 Å². The zero-order valence-corrected chi connectivity index (χ0v) is 29.0. The topological polar surface area (TPSA) is 112 Å². The number of nitrogens with one attached hydrogen (secondary N) is 1. The molecule has 1 amide bonds. The van der Waals surface area contributed by atoms with Crippen molar-refractivity contribution in [1.29, 1.82) is 0 Å². The van der Waals surface area contributed by atoms with Crippen LogP contribution in [0.4, 0.5) is 4.79 Å². The van der Waals surface area contributed by atoms with E-state index in [0.717, 1.165) is 58.4 Å². The number of piperidine rings is 2. The van der Waals surface area contributed by atoms with E-state index in [1.165, 1.54) is 32.2 Å². The Balaban J connectivity index is 0.000000325. The summed E-state index contributed by atoms with van der Waals surface area (Å²) in [4.78, 5) is 41.7. The summed E-state index contributed by atoms with van der Waals surface area (Å²) in [5.74, 6) is 0.344. The highest BCUT2D eigenvalue weighted by Gasteiger charge is 2.39. The summed E-state index contributed by atoms with van der Waals surface area (Å²) in [7, 11) is 0. The van der Waals surface area contributed by atoms with E-state index in [9.17, 15) is 14.4 Å². The molecular formula is C33H61ClN4O6. The minimum Gasteiger partial charge on any atom is -0.481 e. The van der Waals surface area contributed by atoms with Crippen molar-refractivity contribution < 1.29 is 29.0 Å². The third-order valence-electron chi connectivity index (χ3n) is 9.63. The third-order valence-corrected chi connectivity index (χ3v) is 9.63. The number of likely N-dealkylation sites (tertiary alicyclic amines) is 3. The van der Waals surface area contributed by atoms with Gasteiger partial charge >= 0.3 is 18.0 Å². The summed E-state index contributed by atoms with van der Waals surface area (Å²) in [5.41, 5.74) is -0.454. The summed E-state index contributed by atoms with van der Waals surface area (Å²) in [6.07, 6.45) is 9.25. The number of esters is 1. The van der Waals surface area contributed by atoms with Gasteiger partial charge in [-0.25, -0.2) is 4.79 Å². The molecule has 0 spiro atoms. The molecule has 4 rings (SSSR count). The molecule has 0 radical (unpaired) electrons. The Labute approximate surface area is 272 Å². The van der Waals surface area contributed by atoms with Crippen molar-refractivity contribution in [3.05, 3.63) is 0 Å². The van der Waals surface area contributed by atoms with E-state index in [1.54, 1.807) is 0 Å². The summed E-state index contributed by atoms with van der Waals surface area (Å²) in [6, 6.07) is 2.11. The van der Waals surface area contributed by atoms with Crippen LogP contribution < -0.4 is 5.32 Å². The lowest BCUT2D eigenvalue weighted by atomic mass is 9.91. The zero-order chi connectivity index (χ0) is 31.6. The quantitative estimate of drug-likeness (QED) is 0.328. The van der Waals surface area contributed by atoms with Gasteiger partial charge in [-0.2, -0.15) is 0 Å². The molecule has 4 unspecified atom stereocenters. The van der Waals surface area contributed by atoms with Crippen LogP contribution >= 0.6 is 12.4 Å². The van der Waals surface area contributed by atoms with Crippen molar-refractivity contribution in [3.8, 4) is 0 Å². The molecule has 0 aliphatic carbocycles. The number of carbonyl (C=O) groups excluding carboxylic acids is 2. The van der Waals surface area contributed by atoms with Gasteiger partial charge in [-0.1, -0.05) is 13.8 Å². The number of amides is 1. The third kappa shape index (κ3) is 12.0. The highest BCUT2D eigenvalue weighted by molar-refractivity contribution is 5.85. The predicted octanol–water partition coefficient (Wildman–Crippen LogP) is 5.18. The molecule has 4 aliphatic rings. The van der Waals surface area contributed by atoms with Crippen LogP contribution in [0.1, 0.15) is 106 Å². The molecule has 4 fully saturated rings. The first-order valence-electron chi connectivity index (χ1n) is 17.0. The van der Waals surface area contributed by atoms with Gasteiger partial charge in [-0.15, -0.1) is 12.4 Å².